The van der Waals surface area contributed by atoms with Crippen LogP contribution >= 0.6 is 0 Å². The summed E-state index contributed by atoms with van der Waals surface area (Å²) in [5.41, 5.74) is 10.8. The molecule has 0 unspecified atom stereocenters. The zero-order valence-corrected chi connectivity index (χ0v) is 17.1. The van der Waals surface area contributed by atoms with E-state index in [4.69, 9.17) is 5.73 Å². The second-order valence-electron chi connectivity index (χ2n) is 7.28. The van der Waals surface area contributed by atoms with Crippen LogP contribution in [-0.4, -0.2) is 44.3 Å². The number of amides is 1. The van der Waals surface area contributed by atoms with Crippen LogP contribution in [0.4, 0.5) is 0 Å². The summed E-state index contributed by atoms with van der Waals surface area (Å²) >= 11 is 0. The van der Waals surface area contributed by atoms with E-state index in [1.54, 1.807) is 24.8 Å². The fraction of sp³-hybridized carbons (Fsp3) is 0.125. The number of primary amides is 1. The smallest absolute Gasteiger partial charge is 0.231 e. The molecular formula is C24H22N6O. The van der Waals surface area contributed by atoms with Gasteiger partial charge in [-0.15, -0.1) is 0 Å². The molecule has 7 heteroatoms. The standard InChI is InChI=1S/C24H22N6O/c1-30(16-23(25)31)15-17-5-4-6-18(11-17)20-13-28-24(29-14-20)22-9-8-19(12-27-22)21-7-2-3-10-26-21/h2-14H,15-16H2,1H3,(H2,25,31). The monoisotopic (exact) mass is 410 g/mol. The van der Waals surface area contributed by atoms with Crippen molar-refractivity contribution in [3.05, 3.63) is 84.9 Å². The van der Waals surface area contributed by atoms with Crippen molar-refractivity contribution in [1.82, 2.24) is 24.8 Å². The van der Waals surface area contributed by atoms with E-state index in [1.165, 1.54) is 0 Å². The molecule has 0 aliphatic rings. The molecule has 31 heavy (non-hydrogen) atoms. The lowest BCUT2D eigenvalue weighted by Crippen LogP contribution is -2.30. The van der Waals surface area contributed by atoms with E-state index in [-0.39, 0.29) is 12.5 Å². The Morgan fingerprint density at radius 1 is 0.839 bits per heavy atom. The molecule has 0 fully saturated rings. The number of nitrogens with two attached hydrogens (primary N) is 1. The van der Waals surface area contributed by atoms with Crippen LogP contribution in [0.5, 0.6) is 0 Å². The number of aromatic nitrogens is 4. The van der Waals surface area contributed by atoms with Gasteiger partial charge in [0.25, 0.3) is 0 Å². The predicted octanol–water partition coefficient (Wildman–Crippen LogP) is 3.18. The third-order valence-electron chi connectivity index (χ3n) is 4.74. The van der Waals surface area contributed by atoms with Gasteiger partial charge in [0.15, 0.2) is 5.82 Å². The first kappa shape index (κ1) is 20.3. The van der Waals surface area contributed by atoms with Crippen LogP contribution in [0.15, 0.2) is 79.4 Å². The third-order valence-corrected chi connectivity index (χ3v) is 4.74. The molecule has 0 bridgehead atoms. The second kappa shape index (κ2) is 9.23. The molecule has 7 nitrogen and oxygen atoms in total. The highest BCUT2D eigenvalue weighted by Crippen LogP contribution is 2.22. The molecule has 0 saturated heterocycles. The fourth-order valence-corrected chi connectivity index (χ4v) is 3.30. The lowest BCUT2D eigenvalue weighted by atomic mass is 10.1. The molecule has 3 heterocycles. The number of pyridine rings is 2. The van der Waals surface area contributed by atoms with Crippen LogP contribution in [0.2, 0.25) is 0 Å². The van der Waals surface area contributed by atoms with Gasteiger partial charge in [-0.1, -0.05) is 24.3 Å². The molecule has 0 aliphatic carbocycles. The molecule has 0 spiro atoms. The highest BCUT2D eigenvalue weighted by atomic mass is 16.1. The van der Waals surface area contributed by atoms with Crippen molar-refractivity contribution >= 4 is 5.91 Å². The number of nitrogens with zero attached hydrogens (tertiary/aromatic N) is 5. The first-order valence-electron chi connectivity index (χ1n) is 9.84. The summed E-state index contributed by atoms with van der Waals surface area (Å²) in [5.74, 6) is 0.220. The SMILES string of the molecule is CN(CC(N)=O)Cc1cccc(-c2cnc(-c3ccc(-c4ccccn4)cn3)nc2)c1. The quantitative estimate of drug-likeness (QED) is 0.502. The molecular weight excluding hydrogens is 388 g/mol. The van der Waals surface area contributed by atoms with E-state index in [0.717, 1.165) is 27.9 Å². The zero-order chi connectivity index (χ0) is 21.6. The molecule has 0 saturated carbocycles. The van der Waals surface area contributed by atoms with Crippen LogP contribution in [-0.2, 0) is 11.3 Å². The van der Waals surface area contributed by atoms with Crippen molar-refractivity contribution in [2.24, 2.45) is 5.73 Å². The Morgan fingerprint density at radius 3 is 2.32 bits per heavy atom. The molecule has 0 aliphatic heterocycles. The Bertz CT molecular complexity index is 1160. The van der Waals surface area contributed by atoms with Crippen molar-refractivity contribution in [2.45, 2.75) is 6.54 Å². The number of hydrogen-bond donors (Lipinski definition) is 1. The Kier molecular flexibility index (Phi) is 6.05. The Labute approximate surface area is 180 Å². The Morgan fingerprint density at radius 2 is 1.65 bits per heavy atom. The lowest BCUT2D eigenvalue weighted by molar-refractivity contribution is -0.118. The number of benzene rings is 1. The average molecular weight is 410 g/mol. The summed E-state index contributed by atoms with van der Waals surface area (Å²) in [4.78, 5) is 30.8. The van der Waals surface area contributed by atoms with Gasteiger partial charge in [0.1, 0.15) is 5.69 Å². The van der Waals surface area contributed by atoms with E-state index < -0.39 is 0 Å². The normalized spacial score (nSPS) is 10.9. The van der Waals surface area contributed by atoms with Gasteiger partial charge in [-0.3, -0.25) is 19.7 Å². The molecule has 4 aromatic rings. The lowest BCUT2D eigenvalue weighted by Gasteiger charge is -2.15. The minimum absolute atomic E-state index is 0.216. The first-order valence-corrected chi connectivity index (χ1v) is 9.84. The van der Waals surface area contributed by atoms with Crippen molar-refractivity contribution in [1.29, 1.82) is 0 Å². The van der Waals surface area contributed by atoms with E-state index in [1.807, 2.05) is 60.5 Å². The molecule has 1 aromatic carbocycles. The van der Waals surface area contributed by atoms with Gasteiger partial charge in [-0.25, -0.2) is 9.97 Å². The Hall–Kier alpha value is -3.97. The molecule has 2 N–H and O–H groups in total. The average Bonchev–Trinajstić information content (AvgIpc) is 2.79. The van der Waals surface area contributed by atoms with Gasteiger partial charge in [0, 0.05) is 42.5 Å². The summed E-state index contributed by atoms with van der Waals surface area (Å²) in [6.45, 7) is 0.844. The largest absolute Gasteiger partial charge is 0.369 e. The minimum atomic E-state index is -0.343. The van der Waals surface area contributed by atoms with Gasteiger partial charge in [-0.2, -0.15) is 0 Å². The summed E-state index contributed by atoms with van der Waals surface area (Å²) < 4.78 is 0. The minimum Gasteiger partial charge on any atom is -0.369 e. The van der Waals surface area contributed by atoms with Crippen molar-refractivity contribution in [3.63, 3.8) is 0 Å². The summed E-state index contributed by atoms with van der Waals surface area (Å²) in [6, 6.07) is 17.7. The highest BCUT2D eigenvalue weighted by molar-refractivity contribution is 5.75. The number of carbonyl (C=O) groups is 1. The summed E-state index contributed by atoms with van der Waals surface area (Å²) in [7, 11) is 1.86. The summed E-state index contributed by atoms with van der Waals surface area (Å²) in [5, 5.41) is 0. The first-order chi connectivity index (χ1) is 15.1. The molecule has 0 atom stereocenters. The fourth-order valence-electron chi connectivity index (χ4n) is 3.30. The third kappa shape index (κ3) is 5.15. The van der Waals surface area contributed by atoms with Gasteiger partial charge < -0.3 is 5.73 Å². The molecule has 3 aromatic heterocycles. The van der Waals surface area contributed by atoms with Crippen LogP contribution in [0.25, 0.3) is 33.9 Å². The van der Waals surface area contributed by atoms with Crippen molar-refractivity contribution in [2.75, 3.05) is 13.6 Å². The number of carbonyl (C=O) groups excluding carboxylic acids is 1. The predicted molar refractivity (Wildman–Crippen MR) is 119 cm³/mol. The van der Waals surface area contributed by atoms with Crippen LogP contribution in [0.3, 0.4) is 0 Å². The highest BCUT2D eigenvalue weighted by Gasteiger charge is 2.08. The van der Waals surface area contributed by atoms with Gasteiger partial charge >= 0.3 is 0 Å². The maximum absolute atomic E-state index is 11.1. The van der Waals surface area contributed by atoms with Crippen LogP contribution in [0.1, 0.15) is 5.56 Å². The van der Waals surface area contributed by atoms with E-state index in [2.05, 4.69) is 26.0 Å². The number of hydrogen-bond acceptors (Lipinski definition) is 6. The van der Waals surface area contributed by atoms with E-state index in [9.17, 15) is 4.79 Å². The molecule has 0 radical (unpaired) electrons. The van der Waals surface area contributed by atoms with Crippen LogP contribution in [0, 0.1) is 0 Å². The number of rotatable bonds is 7. The zero-order valence-electron chi connectivity index (χ0n) is 17.1. The second-order valence-corrected chi connectivity index (χ2v) is 7.28. The van der Waals surface area contributed by atoms with Crippen molar-refractivity contribution in [3.8, 4) is 33.9 Å². The van der Waals surface area contributed by atoms with Crippen molar-refractivity contribution < 1.29 is 4.79 Å². The Balaban J connectivity index is 1.49. The van der Waals surface area contributed by atoms with Gasteiger partial charge in [0.2, 0.25) is 5.91 Å². The maximum Gasteiger partial charge on any atom is 0.231 e. The summed E-state index contributed by atoms with van der Waals surface area (Å²) in [6.07, 6.45) is 7.13. The van der Waals surface area contributed by atoms with E-state index in [0.29, 0.717) is 18.1 Å². The number of likely N-dealkylation sites (N-methyl/N-ethyl adjacent to an activating group) is 1. The van der Waals surface area contributed by atoms with Gasteiger partial charge in [0.05, 0.1) is 12.2 Å². The molecule has 4 rings (SSSR count). The van der Waals surface area contributed by atoms with Gasteiger partial charge in [-0.05, 0) is 48.5 Å². The topological polar surface area (TPSA) is 97.9 Å². The molecule has 1 amide bonds. The molecule has 154 valence electrons. The van der Waals surface area contributed by atoms with Crippen LogP contribution < -0.4 is 5.73 Å². The van der Waals surface area contributed by atoms with E-state index >= 15 is 0 Å². The maximum atomic E-state index is 11.1.